The Bertz CT molecular complexity index is 339. The predicted molar refractivity (Wildman–Crippen MR) is 74.7 cm³/mol. The third-order valence-corrected chi connectivity index (χ3v) is 5.25. The topological polar surface area (TPSA) is 20.3 Å². The molecule has 0 amide bonds. The molecule has 1 rings (SSSR count). The van der Waals surface area contributed by atoms with Gasteiger partial charge < -0.3 is 4.90 Å². The molecule has 1 fully saturated rings. The first kappa shape index (κ1) is 14.0. The SMILES string of the molecule is C=S(C)(=O)CCN1CCC(C)(C(C)(C)C)C1. The van der Waals surface area contributed by atoms with Crippen molar-refractivity contribution in [2.24, 2.45) is 10.8 Å². The lowest BCUT2D eigenvalue weighted by atomic mass is 9.67. The molecule has 0 aromatic rings. The van der Waals surface area contributed by atoms with E-state index in [9.17, 15) is 4.21 Å². The third kappa shape index (κ3) is 3.49. The van der Waals surface area contributed by atoms with Gasteiger partial charge in [0.25, 0.3) is 0 Å². The Kier molecular flexibility index (Phi) is 3.81. The van der Waals surface area contributed by atoms with E-state index >= 15 is 0 Å². The first-order valence-corrected chi connectivity index (χ1v) is 8.36. The van der Waals surface area contributed by atoms with Crippen LogP contribution in [-0.4, -0.2) is 46.6 Å². The summed E-state index contributed by atoms with van der Waals surface area (Å²) in [5.74, 6) is 4.45. The van der Waals surface area contributed by atoms with Crippen molar-refractivity contribution in [2.45, 2.75) is 34.1 Å². The minimum atomic E-state index is -1.83. The van der Waals surface area contributed by atoms with Gasteiger partial charge in [-0.3, -0.25) is 4.21 Å². The largest absolute Gasteiger partial charge is 0.302 e. The molecule has 2 unspecified atom stereocenters. The lowest BCUT2D eigenvalue weighted by Gasteiger charge is -2.38. The summed E-state index contributed by atoms with van der Waals surface area (Å²) in [5, 5.41) is 0. The number of hydrogen-bond acceptors (Lipinski definition) is 2. The van der Waals surface area contributed by atoms with E-state index in [4.69, 9.17) is 0 Å². The van der Waals surface area contributed by atoms with Crippen LogP contribution in [0.2, 0.25) is 0 Å². The summed E-state index contributed by atoms with van der Waals surface area (Å²) in [5.41, 5.74) is 0.739. The zero-order chi connectivity index (χ0) is 12.6. The normalized spacial score (nSPS) is 31.6. The summed E-state index contributed by atoms with van der Waals surface area (Å²) in [7, 11) is -1.83. The van der Waals surface area contributed by atoms with E-state index in [0.29, 0.717) is 10.8 Å². The van der Waals surface area contributed by atoms with E-state index in [1.807, 2.05) is 0 Å². The van der Waals surface area contributed by atoms with Gasteiger partial charge in [-0.25, -0.2) is 0 Å². The van der Waals surface area contributed by atoms with Gasteiger partial charge in [0.1, 0.15) is 0 Å². The summed E-state index contributed by atoms with van der Waals surface area (Å²) >= 11 is 0. The molecule has 1 aliphatic heterocycles. The molecule has 2 atom stereocenters. The van der Waals surface area contributed by atoms with Gasteiger partial charge in [-0.15, -0.1) is 0 Å². The summed E-state index contributed by atoms with van der Waals surface area (Å²) in [6, 6.07) is 0. The standard InChI is InChI=1S/C13H27NOS/c1-12(2,3)13(4)7-8-14(11-13)9-10-16(5,6)15/h5,7-11H2,1-4,6H3. The van der Waals surface area contributed by atoms with Crippen LogP contribution in [0.5, 0.6) is 0 Å². The Morgan fingerprint density at radius 2 is 2.00 bits per heavy atom. The zero-order valence-electron chi connectivity index (χ0n) is 11.5. The first-order valence-electron chi connectivity index (χ1n) is 6.06. The van der Waals surface area contributed by atoms with Gasteiger partial charge in [0.05, 0.1) is 0 Å². The molecule has 0 bridgehead atoms. The lowest BCUT2D eigenvalue weighted by molar-refractivity contribution is 0.116. The summed E-state index contributed by atoms with van der Waals surface area (Å²) in [6.07, 6.45) is 3.00. The van der Waals surface area contributed by atoms with Crippen molar-refractivity contribution in [1.29, 1.82) is 0 Å². The average Bonchev–Trinajstić information content (AvgIpc) is 2.43. The van der Waals surface area contributed by atoms with Crippen LogP contribution in [0.25, 0.3) is 0 Å². The van der Waals surface area contributed by atoms with Gasteiger partial charge in [-0.1, -0.05) is 27.7 Å². The Hall–Kier alpha value is -0.0200. The highest BCUT2D eigenvalue weighted by Crippen LogP contribution is 2.45. The van der Waals surface area contributed by atoms with Crippen molar-refractivity contribution in [3.8, 4) is 0 Å². The van der Waals surface area contributed by atoms with E-state index in [1.165, 1.54) is 6.42 Å². The Morgan fingerprint density at radius 1 is 1.44 bits per heavy atom. The number of rotatable bonds is 3. The molecule has 2 nitrogen and oxygen atoms in total. The number of nitrogens with zero attached hydrogens (tertiary/aromatic N) is 1. The molecule has 3 heteroatoms. The molecule has 0 N–H and O–H groups in total. The highest BCUT2D eigenvalue weighted by atomic mass is 32.2. The van der Waals surface area contributed by atoms with Crippen molar-refractivity contribution in [3.63, 3.8) is 0 Å². The van der Waals surface area contributed by atoms with E-state index in [2.05, 4.69) is 38.5 Å². The van der Waals surface area contributed by atoms with Gasteiger partial charge in [0.2, 0.25) is 0 Å². The van der Waals surface area contributed by atoms with Crippen LogP contribution < -0.4 is 0 Å². The van der Waals surface area contributed by atoms with Crippen molar-refractivity contribution in [2.75, 3.05) is 31.6 Å². The quantitative estimate of drug-likeness (QED) is 0.710. The Morgan fingerprint density at radius 3 is 2.38 bits per heavy atom. The molecule has 96 valence electrons. The van der Waals surface area contributed by atoms with Crippen LogP contribution in [0, 0.1) is 10.8 Å². The molecule has 1 aliphatic rings. The zero-order valence-corrected chi connectivity index (χ0v) is 12.3. The minimum Gasteiger partial charge on any atom is -0.302 e. The second-order valence-corrected chi connectivity index (χ2v) is 9.50. The average molecular weight is 245 g/mol. The van der Waals surface area contributed by atoms with Crippen LogP contribution in [-0.2, 0) is 9.52 Å². The number of hydrogen-bond donors (Lipinski definition) is 0. The van der Waals surface area contributed by atoms with Crippen LogP contribution in [0.1, 0.15) is 34.1 Å². The van der Waals surface area contributed by atoms with Gasteiger partial charge in [-0.05, 0) is 39.2 Å². The smallest absolute Gasteiger partial charge is 0.0284 e. The maximum absolute atomic E-state index is 11.6. The fourth-order valence-corrected chi connectivity index (χ4v) is 2.83. The van der Waals surface area contributed by atoms with Crippen LogP contribution in [0.15, 0.2) is 0 Å². The van der Waals surface area contributed by atoms with E-state index in [0.717, 1.165) is 25.4 Å². The predicted octanol–water partition coefficient (Wildman–Crippen LogP) is 2.09. The number of likely N-dealkylation sites (tertiary alicyclic amines) is 1. The minimum absolute atomic E-state index is 0.347. The van der Waals surface area contributed by atoms with Gasteiger partial charge in [0.15, 0.2) is 0 Å². The maximum atomic E-state index is 11.6. The highest BCUT2D eigenvalue weighted by molar-refractivity contribution is 7.99. The monoisotopic (exact) mass is 245 g/mol. The maximum Gasteiger partial charge on any atom is 0.0284 e. The Labute approximate surface area is 101 Å². The van der Waals surface area contributed by atoms with E-state index < -0.39 is 9.52 Å². The van der Waals surface area contributed by atoms with Crippen molar-refractivity contribution < 1.29 is 4.21 Å². The van der Waals surface area contributed by atoms with Crippen LogP contribution in [0.3, 0.4) is 0 Å². The molecule has 1 saturated heterocycles. The summed E-state index contributed by atoms with van der Waals surface area (Å²) < 4.78 is 11.6. The van der Waals surface area contributed by atoms with Gasteiger partial charge in [0, 0.05) is 25.1 Å². The molecule has 0 aromatic carbocycles. The molecule has 0 spiro atoms. The summed E-state index contributed by atoms with van der Waals surface area (Å²) in [6.45, 7) is 12.5. The lowest BCUT2D eigenvalue weighted by Crippen LogP contribution is -2.37. The Balaban J connectivity index is 2.53. The summed E-state index contributed by atoms with van der Waals surface area (Å²) in [4.78, 5) is 2.44. The van der Waals surface area contributed by atoms with Crippen molar-refractivity contribution >= 4 is 15.4 Å². The van der Waals surface area contributed by atoms with E-state index in [-0.39, 0.29) is 0 Å². The first-order chi connectivity index (χ1) is 7.04. The van der Waals surface area contributed by atoms with Crippen LogP contribution in [0.4, 0.5) is 0 Å². The molecule has 0 aromatic heterocycles. The molecule has 0 aliphatic carbocycles. The van der Waals surface area contributed by atoms with E-state index in [1.54, 1.807) is 6.26 Å². The molecular weight excluding hydrogens is 218 g/mol. The second kappa shape index (κ2) is 4.34. The molecule has 1 heterocycles. The van der Waals surface area contributed by atoms with Gasteiger partial charge in [-0.2, -0.15) is 0 Å². The van der Waals surface area contributed by atoms with Gasteiger partial charge >= 0.3 is 0 Å². The molecule has 0 saturated carbocycles. The fourth-order valence-electron chi connectivity index (χ4n) is 2.18. The second-order valence-electron chi connectivity index (χ2n) is 6.72. The highest BCUT2D eigenvalue weighted by Gasteiger charge is 2.42. The molecule has 16 heavy (non-hydrogen) atoms. The van der Waals surface area contributed by atoms with Crippen molar-refractivity contribution in [1.82, 2.24) is 4.90 Å². The molecular formula is C13H27NOS. The fraction of sp³-hybridized carbons (Fsp3) is 0.923. The molecule has 0 radical (unpaired) electrons. The third-order valence-electron chi connectivity index (χ3n) is 4.20. The van der Waals surface area contributed by atoms with Crippen molar-refractivity contribution in [3.05, 3.63) is 0 Å². The van der Waals surface area contributed by atoms with Crippen LogP contribution >= 0.6 is 0 Å².